The first kappa shape index (κ1) is 18.7. The van der Waals surface area contributed by atoms with Crippen LogP contribution in [0.5, 0.6) is 0 Å². The maximum atomic E-state index is 12.3. The molecule has 5 nitrogen and oxygen atoms in total. The van der Waals surface area contributed by atoms with E-state index in [0.717, 1.165) is 16.9 Å². The quantitative estimate of drug-likeness (QED) is 0.662. The zero-order valence-electron chi connectivity index (χ0n) is 15.2. The summed E-state index contributed by atoms with van der Waals surface area (Å²) in [6, 6.07) is 18.9. The van der Waals surface area contributed by atoms with Crippen molar-refractivity contribution >= 4 is 34.7 Å². The average Bonchev–Trinajstić information content (AvgIpc) is 2.68. The lowest BCUT2D eigenvalue weighted by Gasteiger charge is -2.13. The number of benzene rings is 2. The van der Waals surface area contributed by atoms with Crippen molar-refractivity contribution in [2.75, 3.05) is 24.3 Å². The van der Waals surface area contributed by atoms with Crippen LogP contribution in [0.4, 0.5) is 17.2 Å². The van der Waals surface area contributed by atoms with Crippen molar-refractivity contribution in [1.82, 2.24) is 10.3 Å². The Morgan fingerprint density at radius 2 is 1.70 bits per heavy atom. The lowest BCUT2D eigenvalue weighted by atomic mass is 10.2. The van der Waals surface area contributed by atoms with E-state index in [0.29, 0.717) is 22.9 Å². The Labute approximate surface area is 164 Å². The van der Waals surface area contributed by atoms with Crippen LogP contribution in [0.25, 0.3) is 0 Å². The largest absolute Gasteiger partial charge is 0.378 e. The Balaban J connectivity index is 1.57. The molecule has 3 aromatic rings. The van der Waals surface area contributed by atoms with Crippen molar-refractivity contribution < 1.29 is 4.79 Å². The van der Waals surface area contributed by atoms with Crippen molar-refractivity contribution in [2.45, 2.75) is 6.54 Å². The average molecular weight is 381 g/mol. The molecule has 0 bridgehead atoms. The molecule has 0 saturated heterocycles. The molecule has 0 fully saturated rings. The Bertz CT molecular complexity index is 891. The van der Waals surface area contributed by atoms with Gasteiger partial charge >= 0.3 is 0 Å². The van der Waals surface area contributed by atoms with E-state index >= 15 is 0 Å². The molecule has 0 saturated carbocycles. The van der Waals surface area contributed by atoms with E-state index in [1.165, 1.54) is 0 Å². The first-order chi connectivity index (χ1) is 13.0. The molecule has 3 rings (SSSR count). The summed E-state index contributed by atoms with van der Waals surface area (Å²) in [7, 11) is 4.00. The predicted octanol–water partition coefficient (Wildman–Crippen LogP) is 4.47. The second kappa shape index (κ2) is 8.56. The van der Waals surface area contributed by atoms with Gasteiger partial charge < -0.3 is 15.5 Å². The van der Waals surface area contributed by atoms with Gasteiger partial charge in [0.05, 0.1) is 5.56 Å². The molecule has 2 N–H and O–H groups in total. The van der Waals surface area contributed by atoms with E-state index in [9.17, 15) is 4.79 Å². The van der Waals surface area contributed by atoms with Crippen molar-refractivity contribution in [3.05, 3.63) is 83.0 Å². The number of amides is 1. The van der Waals surface area contributed by atoms with Gasteiger partial charge in [0.25, 0.3) is 5.91 Å². The van der Waals surface area contributed by atoms with Crippen LogP contribution in [0.15, 0.2) is 66.9 Å². The molecule has 0 unspecified atom stereocenters. The van der Waals surface area contributed by atoms with Crippen molar-refractivity contribution in [3.8, 4) is 0 Å². The summed E-state index contributed by atoms with van der Waals surface area (Å²) in [6.45, 7) is 0.439. The fraction of sp³-hybridized carbons (Fsp3) is 0.143. The number of carbonyl (C=O) groups is 1. The maximum Gasteiger partial charge on any atom is 0.253 e. The van der Waals surface area contributed by atoms with Gasteiger partial charge in [0.15, 0.2) is 0 Å². The van der Waals surface area contributed by atoms with E-state index in [2.05, 4.69) is 15.6 Å². The molecule has 0 aliphatic heterocycles. The minimum atomic E-state index is -0.167. The van der Waals surface area contributed by atoms with Crippen LogP contribution in [0.2, 0.25) is 5.02 Å². The second-order valence-electron chi connectivity index (χ2n) is 6.31. The number of halogens is 1. The number of hydrogen-bond acceptors (Lipinski definition) is 4. The minimum Gasteiger partial charge on any atom is -0.378 e. The number of anilines is 3. The van der Waals surface area contributed by atoms with Gasteiger partial charge in [-0.15, -0.1) is 0 Å². The van der Waals surface area contributed by atoms with Crippen molar-refractivity contribution in [1.29, 1.82) is 0 Å². The Morgan fingerprint density at radius 1 is 1.00 bits per heavy atom. The fourth-order valence-electron chi connectivity index (χ4n) is 2.48. The monoisotopic (exact) mass is 380 g/mol. The van der Waals surface area contributed by atoms with Gasteiger partial charge in [0, 0.05) is 43.2 Å². The Hall–Kier alpha value is -3.05. The summed E-state index contributed by atoms with van der Waals surface area (Å²) in [5.74, 6) is 0.515. The lowest BCUT2D eigenvalue weighted by molar-refractivity contribution is 0.0950. The van der Waals surface area contributed by atoms with Crippen LogP contribution < -0.4 is 15.5 Å². The lowest BCUT2D eigenvalue weighted by Crippen LogP contribution is -2.22. The van der Waals surface area contributed by atoms with Gasteiger partial charge in [-0.1, -0.05) is 23.7 Å². The highest BCUT2D eigenvalue weighted by Crippen LogP contribution is 2.19. The summed E-state index contributed by atoms with van der Waals surface area (Å²) >= 11 is 5.86. The molecule has 0 spiro atoms. The molecule has 6 heteroatoms. The molecule has 0 radical (unpaired) electrons. The molecule has 0 atom stereocenters. The van der Waals surface area contributed by atoms with Gasteiger partial charge in [0.2, 0.25) is 0 Å². The number of rotatable bonds is 6. The third kappa shape index (κ3) is 5.21. The number of pyridine rings is 1. The fourth-order valence-corrected chi connectivity index (χ4v) is 2.61. The molecular formula is C21H21ClN4O. The highest BCUT2D eigenvalue weighted by Gasteiger charge is 2.06. The molecule has 27 heavy (non-hydrogen) atoms. The maximum absolute atomic E-state index is 12.3. The van der Waals surface area contributed by atoms with Crippen LogP contribution in [-0.2, 0) is 6.54 Å². The Morgan fingerprint density at radius 3 is 2.30 bits per heavy atom. The van der Waals surface area contributed by atoms with Gasteiger partial charge in [-0.25, -0.2) is 4.98 Å². The normalized spacial score (nSPS) is 10.3. The van der Waals surface area contributed by atoms with E-state index < -0.39 is 0 Å². The van der Waals surface area contributed by atoms with Gasteiger partial charge in [-0.3, -0.25) is 4.79 Å². The smallest absolute Gasteiger partial charge is 0.253 e. The summed E-state index contributed by atoms with van der Waals surface area (Å²) in [6.07, 6.45) is 1.56. The van der Waals surface area contributed by atoms with Crippen LogP contribution in [0.3, 0.4) is 0 Å². The summed E-state index contributed by atoms with van der Waals surface area (Å²) in [5.41, 5.74) is 3.56. The van der Waals surface area contributed by atoms with Crippen LogP contribution in [-0.4, -0.2) is 25.0 Å². The summed E-state index contributed by atoms with van der Waals surface area (Å²) < 4.78 is 0. The van der Waals surface area contributed by atoms with E-state index in [-0.39, 0.29) is 5.91 Å². The van der Waals surface area contributed by atoms with Crippen molar-refractivity contribution in [2.24, 2.45) is 0 Å². The Kier molecular flexibility index (Phi) is 5.94. The van der Waals surface area contributed by atoms with Crippen LogP contribution >= 0.6 is 11.6 Å². The van der Waals surface area contributed by atoms with E-state index in [1.54, 1.807) is 30.5 Å². The predicted molar refractivity (Wildman–Crippen MR) is 111 cm³/mol. The third-order valence-corrected chi connectivity index (χ3v) is 4.30. The number of nitrogens with zero attached hydrogens (tertiary/aromatic N) is 2. The van der Waals surface area contributed by atoms with Gasteiger partial charge in [-0.2, -0.15) is 0 Å². The SMILES string of the molecule is CN(C)c1ccc(Nc2ccc(C(=O)NCc3ccc(Cl)cc3)cn2)cc1. The molecule has 2 aromatic carbocycles. The standard InChI is InChI=1S/C21H21ClN4O/c1-26(2)19-10-8-18(9-11-19)25-20-12-5-16(14-23-20)21(27)24-13-15-3-6-17(22)7-4-15/h3-12,14H,13H2,1-2H3,(H,23,25)(H,24,27). The molecule has 1 amide bonds. The molecule has 0 aliphatic carbocycles. The number of nitrogens with one attached hydrogen (secondary N) is 2. The first-order valence-corrected chi connectivity index (χ1v) is 8.92. The summed E-state index contributed by atoms with van der Waals surface area (Å²) in [5, 5.41) is 6.77. The minimum absolute atomic E-state index is 0.167. The zero-order valence-corrected chi connectivity index (χ0v) is 16.0. The summed E-state index contributed by atoms with van der Waals surface area (Å²) in [4.78, 5) is 18.6. The first-order valence-electron chi connectivity index (χ1n) is 8.54. The number of carbonyl (C=O) groups excluding carboxylic acids is 1. The van der Waals surface area contributed by atoms with E-state index in [4.69, 9.17) is 11.6 Å². The number of hydrogen-bond donors (Lipinski definition) is 2. The van der Waals surface area contributed by atoms with Crippen LogP contribution in [0, 0.1) is 0 Å². The highest BCUT2D eigenvalue weighted by atomic mass is 35.5. The molecule has 1 aromatic heterocycles. The zero-order chi connectivity index (χ0) is 19.2. The van der Waals surface area contributed by atoms with Gasteiger partial charge in [0.1, 0.15) is 5.82 Å². The topological polar surface area (TPSA) is 57.3 Å². The molecule has 138 valence electrons. The van der Waals surface area contributed by atoms with Gasteiger partial charge in [-0.05, 0) is 54.1 Å². The molecule has 1 heterocycles. The molecular weight excluding hydrogens is 360 g/mol. The highest BCUT2D eigenvalue weighted by molar-refractivity contribution is 6.30. The second-order valence-corrected chi connectivity index (χ2v) is 6.74. The van der Waals surface area contributed by atoms with E-state index in [1.807, 2.05) is 55.4 Å². The van der Waals surface area contributed by atoms with Crippen molar-refractivity contribution in [3.63, 3.8) is 0 Å². The number of aromatic nitrogens is 1. The van der Waals surface area contributed by atoms with Crippen LogP contribution in [0.1, 0.15) is 15.9 Å². The molecule has 0 aliphatic rings. The third-order valence-electron chi connectivity index (χ3n) is 4.05.